The average molecular weight is 474 g/mol. The number of benzene rings is 1. The normalized spacial score (nSPS) is 18.8. The van der Waals surface area contributed by atoms with E-state index in [1.54, 1.807) is 0 Å². The third-order valence-electron chi connectivity index (χ3n) is 7.26. The molecule has 34 heavy (non-hydrogen) atoms. The van der Waals surface area contributed by atoms with Crippen molar-refractivity contribution in [2.75, 3.05) is 44.2 Å². The highest BCUT2D eigenvalue weighted by molar-refractivity contribution is 7.19. The molecular weight excluding hydrogens is 442 g/mol. The van der Waals surface area contributed by atoms with Crippen LogP contribution in [0, 0.1) is 0 Å². The van der Waals surface area contributed by atoms with Crippen molar-refractivity contribution in [3.8, 4) is 0 Å². The summed E-state index contributed by atoms with van der Waals surface area (Å²) in [5.74, 6) is 1.82. The second kappa shape index (κ2) is 9.37. The molecule has 0 bridgehead atoms. The summed E-state index contributed by atoms with van der Waals surface area (Å²) < 4.78 is 0. The molecule has 6 rings (SSSR count). The summed E-state index contributed by atoms with van der Waals surface area (Å²) in [6.45, 7) is 4.95. The molecule has 4 heterocycles. The number of piperazine rings is 1. The number of amides is 2. The minimum absolute atomic E-state index is 0.212. The number of thiophene rings is 1. The Morgan fingerprint density at radius 3 is 2.35 bits per heavy atom. The largest absolute Gasteiger partial charge is 0.352 e. The molecular formula is C27H31N5OS. The summed E-state index contributed by atoms with van der Waals surface area (Å²) in [4.78, 5) is 32.0. The molecule has 176 valence electrons. The smallest absolute Gasteiger partial charge is 0.320 e. The van der Waals surface area contributed by atoms with Gasteiger partial charge in [0.15, 0.2) is 5.82 Å². The first-order valence-corrected chi connectivity index (χ1v) is 13.4. The van der Waals surface area contributed by atoms with Crippen LogP contribution in [-0.4, -0.2) is 65.1 Å². The maximum atomic E-state index is 12.9. The lowest BCUT2D eigenvalue weighted by Gasteiger charge is -2.37. The molecule has 0 atom stereocenters. The zero-order valence-corrected chi connectivity index (χ0v) is 20.4. The Morgan fingerprint density at radius 2 is 1.56 bits per heavy atom. The third kappa shape index (κ3) is 4.17. The van der Waals surface area contributed by atoms with Gasteiger partial charge >= 0.3 is 6.03 Å². The fourth-order valence-corrected chi connectivity index (χ4v) is 6.67. The van der Waals surface area contributed by atoms with Crippen molar-refractivity contribution < 1.29 is 4.79 Å². The van der Waals surface area contributed by atoms with E-state index in [1.807, 2.05) is 45.4 Å². The van der Waals surface area contributed by atoms with Gasteiger partial charge in [-0.05, 0) is 55.7 Å². The van der Waals surface area contributed by atoms with Crippen molar-refractivity contribution >= 4 is 45.6 Å². The van der Waals surface area contributed by atoms with Crippen LogP contribution in [-0.2, 0) is 12.8 Å². The van der Waals surface area contributed by atoms with Crippen LogP contribution < -0.4 is 4.90 Å². The number of likely N-dealkylation sites (tertiary alicyclic amines) is 1. The van der Waals surface area contributed by atoms with Crippen LogP contribution in [0.2, 0.25) is 0 Å². The lowest BCUT2D eigenvalue weighted by molar-refractivity contribution is 0.159. The predicted molar refractivity (Wildman–Crippen MR) is 139 cm³/mol. The van der Waals surface area contributed by atoms with Crippen molar-refractivity contribution in [3.05, 3.63) is 52.2 Å². The Labute approximate surface area is 204 Å². The first kappa shape index (κ1) is 21.6. The molecule has 2 aromatic heterocycles. The zero-order valence-electron chi connectivity index (χ0n) is 19.6. The molecule has 0 spiro atoms. The van der Waals surface area contributed by atoms with Crippen molar-refractivity contribution in [2.24, 2.45) is 0 Å². The minimum atomic E-state index is 0.212. The van der Waals surface area contributed by atoms with Gasteiger partial charge in [-0.15, -0.1) is 11.3 Å². The predicted octanol–water partition coefficient (Wildman–Crippen LogP) is 5.08. The van der Waals surface area contributed by atoms with Crippen LogP contribution in [0.4, 0.5) is 10.6 Å². The second-order valence-corrected chi connectivity index (χ2v) is 10.6. The highest BCUT2D eigenvalue weighted by Gasteiger charge is 2.29. The maximum absolute atomic E-state index is 12.9. The van der Waals surface area contributed by atoms with E-state index in [4.69, 9.17) is 9.97 Å². The number of aryl methyl sites for hydroxylation is 2. The van der Waals surface area contributed by atoms with Crippen LogP contribution >= 0.6 is 11.3 Å². The number of nitrogens with zero attached hydrogens (tertiary/aromatic N) is 5. The molecule has 1 aromatic carbocycles. The molecule has 0 saturated carbocycles. The third-order valence-corrected chi connectivity index (χ3v) is 8.45. The van der Waals surface area contributed by atoms with Crippen LogP contribution in [0.1, 0.15) is 47.5 Å². The van der Waals surface area contributed by atoms with Gasteiger partial charge in [0.05, 0.1) is 5.39 Å². The molecule has 0 N–H and O–H groups in total. The van der Waals surface area contributed by atoms with Gasteiger partial charge in [-0.1, -0.05) is 36.4 Å². The number of anilines is 1. The van der Waals surface area contributed by atoms with E-state index >= 15 is 0 Å². The van der Waals surface area contributed by atoms with E-state index in [1.165, 1.54) is 28.7 Å². The molecule has 2 fully saturated rings. The highest BCUT2D eigenvalue weighted by Crippen LogP contribution is 2.40. The van der Waals surface area contributed by atoms with E-state index < -0.39 is 0 Å². The first-order chi connectivity index (χ1) is 16.8. The van der Waals surface area contributed by atoms with Crippen molar-refractivity contribution in [1.82, 2.24) is 19.8 Å². The first-order valence-electron chi connectivity index (χ1n) is 12.6. The van der Waals surface area contributed by atoms with E-state index in [0.29, 0.717) is 0 Å². The monoisotopic (exact) mass is 473 g/mol. The van der Waals surface area contributed by atoms with Crippen molar-refractivity contribution in [3.63, 3.8) is 0 Å². The van der Waals surface area contributed by atoms with Gasteiger partial charge in [-0.25, -0.2) is 14.8 Å². The van der Waals surface area contributed by atoms with Gasteiger partial charge in [0, 0.05) is 44.1 Å². The van der Waals surface area contributed by atoms with E-state index in [2.05, 4.69) is 23.1 Å². The summed E-state index contributed by atoms with van der Waals surface area (Å²) in [5.41, 5.74) is 2.61. The van der Waals surface area contributed by atoms with Crippen LogP contribution in [0.3, 0.4) is 0 Å². The van der Waals surface area contributed by atoms with Gasteiger partial charge in [0.25, 0.3) is 0 Å². The van der Waals surface area contributed by atoms with E-state index in [0.717, 1.165) is 87.0 Å². The molecule has 2 amide bonds. The molecule has 0 radical (unpaired) electrons. The number of hydrogen-bond acceptors (Lipinski definition) is 5. The van der Waals surface area contributed by atoms with Gasteiger partial charge in [-0.2, -0.15) is 0 Å². The maximum Gasteiger partial charge on any atom is 0.320 e. The van der Waals surface area contributed by atoms with E-state index in [-0.39, 0.29) is 6.03 Å². The molecule has 1 aliphatic carbocycles. The average Bonchev–Trinajstić information content (AvgIpc) is 3.56. The summed E-state index contributed by atoms with van der Waals surface area (Å²) in [6.07, 6.45) is 11.2. The van der Waals surface area contributed by atoms with Gasteiger partial charge in [0.1, 0.15) is 10.6 Å². The van der Waals surface area contributed by atoms with Gasteiger partial charge in [-0.3, -0.25) is 0 Å². The molecule has 3 aliphatic rings. The number of rotatable bonds is 3. The fourth-order valence-electron chi connectivity index (χ4n) is 5.41. The Balaban J connectivity index is 1.31. The number of urea groups is 1. The van der Waals surface area contributed by atoms with Crippen molar-refractivity contribution in [2.45, 2.75) is 38.5 Å². The summed E-state index contributed by atoms with van der Waals surface area (Å²) >= 11 is 1.85. The lowest BCUT2D eigenvalue weighted by atomic mass is 9.97. The second-order valence-electron chi connectivity index (χ2n) is 9.49. The van der Waals surface area contributed by atoms with Gasteiger partial charge < -0.3 is 14.7 Å². The number of hydrogen-bond donors (Lipinski definition) is 0. The number of carbonyl (C=O) groups excluding carboxylic acids is 1. The zero-order chi connectivity index (χ0) is 22.9. The quantitative estimate of drug-likeness (QED) is 0.532. The Kier molecular flexibility index (Phi) is 5.95. The van der Waals surface area contributed by atoms with Gasteiger partial charge in [0.2, 0.25) is 0 Å². The number of fused-ring (bicyclic) bond motifs is 3. The molecule has 3 aromatic rings. The Bertz CT molecular complexity index is 1210. The number of aromatic nitrogens is 2. The summed E-state index contributed by atoms with van der Waals surface area (Å²) in [7, 11) is 0. The van der Waals surface area contributed by atoms with Crippen molar-refractivity contribution in [1.29, 1.82) is 0 Å². The Morgan fingerprint density at radius 1 is 0.824 bits per heavy atom. The summed E-state index contributed by atoms with van der Waals surface area (Å²) in [5, 5.41) is 1.26. The number of carbonyl (C=O) groups is 1. The van der Waals surface area contributed by atoms with Crippen LogP contribution in [0.5, 0.6) is 0 Å². The topological polar surface area (TPSA) is 52.6 Å². The molecule has 6 nitrogen and oxygen atoms in total. The lowest BCUT2D eigenvalue weighted by Crippen LogP contribution is -2.52. The van der Waals surface area contributed by atoms with Crippen LogP contribution in [0.25, 0.3) is 22.4 Å². The van der Waals surface area contributed by atoms with Crippen LogP contribution in [0.15, 0.2) is 30.3 Å². The molecule has 2 saturated heterocycles. The summed E-state index contributed by atoms with van der Waals surface area (Å²) in [6, 6.07) is 10.5. The fraction of sp³-hybridized carbons (Fsp3) is 0.444. The SMILES string of the molecule is O=C(N1CCCC1)N1CCN(c2nc(/C=C/c3ccccc3)nc3sc4c(c23)CCCC4)CC1. The highest BCUT2D eigenvalue weighted by atomic mass is 32.1. The molecule has 0 unspecified atom stereocenters. The Hall–Kier alpha value is -2.93. The van der Waals surface area contributed by atoms with E-state index in [9.17, 15) is 4.79 Å². The standard InChI is InChI=1S/C27H31N5OS/c33-27(31-14-6-7-15-31)32-18-16-30(17-19-32)25-24-21-10-4-5-11-22(21)34-26(24)29-23(28-25)13-12-20-8-2-1-3-9-20/h1-3,8-9,12-13H,4-7,10-11,14-19H2/b13-12+. The molecule has 7 heteroatoms. The minimum Gasteiger partial charge on any atom is -0.352 e. The molecule has 2 aliphatic heterocycles.